The number of pyridine rings is 1. The quantitative estimate of drug-likeness (QED) is 0.405. The number of aryl methyl sites for hydroxylation is 1. The molecule has 0 aliphatic heterocycles. The van der Waals surface area contributed by atoms with Crippen LogP contribution in [0.2, 0.25) is 0 Å². The average Bonchev–Trinajstić information content (AvgIpc) is 2.78. The van der Waals surface area contributed by atoms with Crippen LogP contribution in [0.1, 0.15) is 27.4 Å². The van der Waals surface area contributed by atoms with Gasteiger partial charge in [-0.15, -0.1) is 11.8 Å². The fourth-order valence-corrected chi connectivity index (χ4v) is 4.42. The number of hydrogen-bond donors (Lipinski definition) is 0. The molecule has 2 unspecified atom stereocenters. The number of benzene rings is 2. The highest BCUT2D eigenvalue weighted by Crippen LogP contribution is 2.40. The number of carbonyl (C=O) groups excluding carboxylic acids is 1. The Morgan fingerprint density at radius 3 is 2.24 bits per heavy atom. The number of carbonyl (C=O) groups is 1. The van der Waals surface area contributed by atoms with Gasteiger partial charge in [0.05, 0.1) is 17.4 Å². The van der Waals surface area contributed by atoms with E-state index < -0.39 is 17.1 Å². The minimum Gasteiger partial charge on any atom is -0.293 e. The molecule has 0 radical (unpaired) electrons. The lowest BCUT2D eigenvalue weighted by Gasteiger charge is -2.27. The summed E-state index contributed by atoms with van der Waals surface area (Å²) in [6, 6.07) is 24.6. The zero-order valence-electron chi connectivity index (χ0n) is 15.9. The summed E-state index contributed by atoms with van der Waals surface area (Å²) in [6.07, 6.45) is 3.27. The number of aromatic nitrogens is 1. The lowest BCUT2D eigenvalue weighted by atomic mass is 9.83. The van der Waals surface area contributed by atoms with Crippen LogP contribution in [0.4, 0.5) is 0 Å². The van der Waals surface area contributed by atoms with Crippen LogP contribution in [-0.4, -0.2) is 16.0 Å². The van der Waals surface area contributed by atoms with Gasteiger partial charge in [0.15, 0.2) is 5.78 Å². The highest BCUT2D eigenvalue weighted by Gasteiger charge is 2.37. The van der Waals surface area contributed by atoms with E-state index in [-0.39, 0.29) is 5.78 Å². The highest BCUT2D eigenvalue weighted by molar-refractivity contribution is 8.00. The number of Topliss-reactive ketones (excluding diaryl/α,β-unsaturated/α-hetero) is 1. The third-order valence-corrected chi connectivity index (χ3v) is 5.94. The molecule has 4 nitrogen and oxygen atoms in total. The number of nitrogens with zero attached hydrogens (tertiary/aromatic N) is 3. The summed E-state index contributed by atoms with van der Waals surface area (Å²) in [4.78, 5) is 18.6. The second kappa shape index (κ2) is 9.68. The molecular weight excluding hydrogens is 378 g/mol. The van der Waals surface area contributed by atoms with E-state index in [4.69, 9.17) is 0 Å². The molecule has 0 bridgehead atoms. The Labute approximate surface area is 174 Å². The first kappa shape index (κ1) is 20.3. The van der Waals surface area contributed by atoms with Gasteiger partial charge >= 0.3 is 0 Å². The van der Waals surface area contributed by atoms with Crippen LogP contribution in [0.3, 0.4) is 0 Å². The van der Waals surface area contributed by atoms with Gasteiger partial charge in [-0.05, 0) is 30.7 Å². The molecule has 5 heteroatoms. The van der Waals surface area contributed by atoms with Crippen LogP contribution < -0.4 is 0 Å². The van der Waals surface area contributed by atoms with E-state index in [1.54, 1.807) is 30.6 Å². The van der Waals surface area contributed by atoms with E-state index in [1.807, 2.05) is 55.5 Å². The first-order valence-corrected chi connectivity index (χ1v) is 10.0. The largest absolute Gasteiger partial charge is 0.293 e. The molecule has 2 atom stereocenters. The molecule has 3 rings (SSSR count). The third-order valence-electron chi connectivity index (χ3n) is 4.63. The van der Waals surface area contributed by atoms with Gasteiger partial charge in [0, 0.05) is 28.8 Å². The molecule has 29 heavy (non-hydrogen) atoms. The molecule has 1 aromatic heterocycles. The zero-order chi connectivity index (χ0) is 20.6. The van der Waals surface area contributed by atoms with Crippen LogP contribution in [-0.2, 0) is 0 Å². The number of thioether (sulfide) groups is 1. The summed E-state index contributed by atoms with van der Waals surface area (Å²) in [7, 11) is 0. The first-order valence-electron chi connectivity index (χ1n) is 9.15. The molecule has 3 aromatic rings. The van der Waals surface area contributed by atoms with Crippen molar-refractivity contribution in [3.05, 3.63) is 95.8 Å². The number of ketones is 1. The Bertz CT molecular complexity index is 1020. The molecule has 0 saturated heterocycles. The predicted octanol–water partition coefficient (Wildman–Crippen LogP) is 5.18. The van der Waals surface area contributed by atoms with Crippen molar-refractivity contribution in [2.75, 3.05) is 0 Å². The summed E-state index contributed by atoms with van der Waals surface area (Å²) in [5.74, 6) is -1.70. The third kappa shape index (κ3) is 4.90. The normalized spacial score (nSPS) is 12.6. The van der Waals surface area contributed by atoms with Gasteiger partial charge in [0.1, 0.15) is 5.92 Å². The molecule has 0 fully saturated rings. The number of nitriles is 2. The van der Waals surface area contributed by atoms with Crippen LogP contribution >= 0.6 is 11.8 Å². The Morgan fingerprint density at radius 1 is 0.966 bits per heavy atom. The fourth-order valence-electron chi connectivity index (χ4n) is 3.12. The van der Waals surface area contributed by atoms with E-state index in [2.05, 4.69) is 17.1 Å². The van der Waals surface area contributed by atoms with Gasteiger partial charge in [-0.2, -0.15) is 10.5 Å². The molecule has 142 valence electrons. The van der Waals surface area contributed by atoms with Crippen molar-refractivity contribution >= 4 is 17.5 Å². The Kier molecular flexibility index (Phi) is 6.79. The maximum Gasteiger partial charge on any atom is 0.176 e. The van der Waals surface area contributed by atoms with Crippen molar-refractivity contribution in [2.45, 2.75) is 23.0 Å². The molecule has 2 aromatic carbocycles. The number of hydrogen-bond acceptors (Lipinski definition) is 5. The van der Waals surface area contributed by atoms with Gasteiger partial charge in [-0.3, -0.25) is 9.78 Å². The summed E-state index contributed by atoms with van der Waals surface area (Å²) in [5.41, 5.74) is 2.38. The first-order chi connectivity index (χ1) is 14.1. The molecule has 0 saturated carbocycles. The van der Waals surface area contributed by atoms with Crippen molar-refractivity contribution < 1.29 is 4.79 Å². The maximum absolute atomic E-state index is 13.5. The Morgan fingerprint density at radius 2 is 1.66 bits per heavy atom. The number of rotatable bonds is 7. The Balaban J connectivity index is 2.10. The lowest BCUT2D eigenvalue weighted by Crippen LogP contribution is -2.30. The van der Waals surface area contributed by atoms with E-state index >= 15 is 0 Å². The summed E-state index contributed by atoms with van der Waals surface area (Å²) in [5, 5.41) is 18.7. The standard InChI is InChI=1S/C24H19N3OS/c1-17-9-11-21(12-10-17)29-24(23(28)18-6-3-2-4-7-18)22(20(14-25)15-26)19-8-5-13-27-16-19/h2-13,16,20,22,24H,1H3. The average molecular weight is 398 g/mol. The van der Waals surface area contributed by atoms with Gasteiger partial charge in [0.2, 0.25) is 0 Å². The minimum absolute atomic E-state index is 0.111. The van der Waals surface area contributed by atoms with Crippen LogP contribution in [0.15, 0.2) is 84.0 Å². The monoisotopic (exact) mass is 397 g/mol. The second-order valence-electron chi connectivity index (χ2n) is 6.63. The van der Waals surface area contributed by atoms with E-state index in [1.165, 1.54) is 11.8 Å². The Hall–Kier alpha value is -3.41. The van der Waals surface area contributed by atoms with E-state index in [9.17, 15) is 15.3 Å². The molecule has 1 heterocycles. The van der Waals surface area contributed by atoms with Gasteiger partial charge in [-0.25, -0.2) is 0 Å². The van der Waals surface area contributed by atoms with Gasteiger partial charge in [-0.1, -0.05) is 54.1 Å². The molecule has 0 spiro atoms. The maximum atomic E-state index is 13.5. The second-order valence-corrected chi connectivity index (χ2v) is 7.84. The van der Waals surface area contributed by atoms with Gasteiger partial charge in [0.25, 0.3) is 0 Å². The summed E-state index contributed by atoms with van der Waals surface area (Å²) in [6.45, 7) is 2.00. The predicted molar refractivity (Wildman–Crippen MR) is 113 cm³/mol. The highest BCUT2D eigenvalue weighted by atomic mass is 32.2. The smallest absolute Gasteiger partial charge is 0.176 e. The van der Waals surface area contributed by atoms with Crippen LogP contribution in [0.25, 0.3) is 0 Å². The van der Waals surface area contributed by atoms with E-state index in [0.717, 1.165) is 10.5 Å². The zero-order valence-corrected chi connectivity index (χ0v) is 16.7. The van der Waals surface area contributed by atoms with Crippen molar-refractivity contribution in [1.29, 1.82) is 10.5 Å². The van der Waals surface area contributed by atoms with E-state index in [0.29, 0.717) is 11.1 Å². The molecular formula is C24H19N3OS. The molecule has 0 aliphatic carbocycles. The lowest BCUT2D eigenvalue weighted by molar-refractivity contribution is 0.0978. The van der Waals surface area contributed by atoms with Crippen molar-refractivity contribution in [3.63, 3.8) is 0 Å². The topological polar surface area (TPSA) is 77.5 Å². The minimum atomic E-state index is -0.977. The van der Waals surface area contributed by atoms with Gasteiger partial charge < -0.3 is 0 Å². The molecule has 0 N–H and O–H groups in total. The van der Waals surface area contributed by atoms with Crippen molar-refractivity contribution in [3.8, 4) is 12.1 Å². The summed E-state index contributed by atoms with van der Waals surface area (Å²) < 4.78 is 0. The SMILES string of the molecule is Cc1ccc(SC(C(=O)c2ccccc2)C(c2cccnc2)C(C#N)C#N)cc1. The van der Waals surface area contributed by atoms with Crippen molar-refractivity contribution in [2.24, 2.45) is 5.92 Å². The molecule has 0 aliphatic rings. The van der Waals surface area contributed by atoms with Crippen LogP contribution in [0, 0.1) is 35.5 Å². The van der Waals surface area contributed by atoms with Crippen molar-refractivity contribution in [1.82, 2.24) is 4.98 Å². The fraction of sp³-hybridized carbons (Fsp3) is 0.167. The summed E-state index contributed by atoms with van der Waals surface area (Å²) >= 11 is 1.38. The molecule has 0 amide bonds. The van der Waals surface area contributed by atoms with Crippen LogP contribution in [0.5, 0.6) is 0 Å².